The van der Waals surface area contributed by atoms with Gasteiger partial charge in [0, 0.05) is 11.8 Å². The molecular formula is C15H10FN3O2. The van der Waals surface area contributed by atoms with Gasteiger partial charge in [-0.25, -0.2) is 9.18 Å². The molecule has 0 bridgehead atoms. The number of anilines is 1. The summed E-state index contributed by atoms with van der Waals surface area (Å²) in [5, 5.41) is 8.83. The topological polar surface area (TPSA) is 85.0 Å². The molecule has 0 unspecified atom stereocenters. The quantitative estimate of drug-likeness (QED) is 0.731. The number of oxazole rings is 1. The average molecular weight is 283 g/mol. The molecule has 2 aromatic carbocycles. The van der Waals surface area contributed by atoms with E-state index in [0.717, 1.165) is 0 Å². The minimum absolute atomic E-state index is 0.0578. The van der Waals surface area contributed by atoms with Gasteiger partial charge in [-0.3, -0.25) is 4.57 Å². The highest BCUT2D eigenvalue weighted by Gasteiger charge is 2.11. The number of benzene rings is 2. The van der Waals surface area contributed by atoms with Crippen LogP contribution in [0.1, 0.15) is 11.1 Å². The van der Waals surface area contributed by atoms with Gasteiger partial charge in [0.15, 0.2) is 5.58 Å². The molecule has 0 fully saturated rings. The van der Waals surface area contributed by atoms with E-state index >= 15 is 0 Å². The minimum atomic E-state index is -0.585. The first kappa shape index (κ1) is 12.9. The van der Waals surface area contributed by atoms with E-state index in [-0.39, 0.29) is 12.1 Å². The van der Waals surface area contributed by atoms with Crippen molar-refractivity contribution in [2.45, 2.75) is 6.54 Å². The molecule has 0 aliphatic heterocycles. The summed E-state index contributed by atoms with van der Waals surface area (Å²) >= 11 is 0. The van der Waals surface area contributed by atoms with Crippen LogP contribution in [0.5, 0.6) is 0 Å². The zero-order valence-corrected chi connectivity index (χ0v) is 10.8. The molecule has 104 valence electrons. The summed E-state index contributed by atoms with van der Waals surface area (Å²) in [7, 11) is 0. The van der Waals surface area contributed by atoms with Crippen molar-refractivity contribution in [1.29, 1.82) is 5.26 Å². The van der Waals surface area contributed by atoms with Crippen LogP contribution in [0.3, 0.4) is 0 Å². The molecule has 5 nitrogen and oxygen atoms in total. The highest BCUT2D eigenvalue weighted by atomic mass is 19.1. The number of nitrogen functional groups attached to an aromatic ring is 1. The fourth-order valence-electron chi connectivity index (χ4n) is 2.17. The third-order valence-electron chi connectivity index (χ3n) is 3.18. The zero-order valence-electron chi connectivity index (χ0n) is 10.8. The maximum Gasteiger partial charge on any atom is 0.420 e. The number of aromatic nitrogens is 1. The van der Waals surface area contributed by atoms with E-state index < -0.39 is 11.6 Å². The monoisotopic (exact) mass is 283 g/mol. The summed E-state index contributed by atoms with van der Waals surface area (Å²) in [5.74, 6) is -1.11. The van der Waals surface area contributed by atoms with Crippen LogP contribution < -0.4 is 11.5 Å². The maximum absolute atomic E-state index is 13.3. The van der Waals surface area contributed by atoms with Gasteiger partial charge in [-0.15, -0.1) is 0 Å². The Kier molecular flexibility index (Phi) is 2.95. The van der Waals surface area contributed by atoms with Gasteiger partial charge in [-0.2, -0.15) is 5.26 Å². The predicted molar refractivity (Wildman–Crippen MR) is 75.1 cm³/mol. The molecule has 0 spiro atoms. The molecule has 1 heterocycles. The van der Waals surface area contributed by atoms with Crippen LogP contribution >= 0.6 is 0 Å². The van der Waals surface area contributed by atoms with Crippen molar-refractivity contribution in [2.24, 2.45) is 0 Å². The number of nitrogens with zero attached hydrogens (tertiary/aromatic N) is 2. The van der Waals surface area contributed by atoms with E-state index in [2.05, 4.69) is 0 Å². The Bertz CT molecular complexity index is 934. The lowest BCUT2D eigenvalue weighted by atomic mass is 10.1. The van der Waals surface area contributed by atoms with Gasteiger partial charge in [0.1, 0.15) is 11.9 Å². The first-order chi connectivity index (χ1) is 10.1. The summed E-state index contributed by atoms with van der Waals surface area (Å²) in [5.41, 5.74) is 7.70. The van der Waals surface area contributed by atoms with Gasteiger partial charge in [-0.1, -0.05) is 6.07 Å². The van der Waals surface area contributed by atoms with Crippen LogP contribution in [0, 0.1) is 17.1 Å². The molecule has 3 aromatic rings. The number of nitrogens with two attached hydrogens (primary N) is 1. The van der Waals surface area contributed by atoms with E-state index in [0.29, 0.717) is 22.4 Å². The molecule has 0 aliphatic rings. The normalized spacial score (nSPS) is 10.7. The lowest BCUT2D eigenvalue weighted by Gasteiger charge is -2.04. The first-order valence-electron chi connectivity index (χ1n) is 6.16. The maximum atomic E-state index is 13.3. The summed E-state index contributed by atoms with van der Waals surface area (Å²) in [6.07, 6.45) is 0. The van der Waals surface area contributed by atoms with Gasteiger partial charge in [0.2, 0.25) is 0 Å². The molecule has 6 heteroatoms. The minimum Gasteiger partial charge on any atom is -0.408 e. The van der Waals surface area contributed by atoms with Gasteiger partial charge in [-0.05, 0) is 29.8 Å². The number of halogens is 1. The van der Waals surface area contributed by atoms with Gasteiger partial charge in [0.05, 0.1) is 17.6 Å². The molecule has 2 N–H and O–H groups in total. The Morgan fingerprint density at radius 2 is 2.10 bits per heavy atom. The molecule has 0 amide bonds. The largest absolute Gasteiger partial charge is 0.420 e. The summed E-state index contributed by atoms with van der Waals surface area (Å²) < 4.78 is 19.8. The van der Waals surface area contributed by atoms with Gasteiger partial charge < -0.3 is 10.2 Å². The molecule has 1 aromatic heterocycles. The van der Waals surface area contributed by atoms with Crippen LogP contribution in [0.15, 0.2) is 45.6 Å². The van der Waals surface area contributed by atoms with E-state index in [1.165, 1.54) is 22.8 Å². The highest BCUT2D eigenvalue weighted by molar-refractivity contribution is 5.76. The van der Waals surface area contributed by atoms with Crippen molar-refractivity contribution >= 4 is 16.8 Å². The summed E-state index contributed by atoms with van der Waals surface area (Å²) in [6, 6.07) is 10.8. The number of rotatable bonds is 2. The SMILES string of the molecule is N#Cc1cc(Cn2c(=O)oc3cc(N)ccc32)ccc1F. The molecule has 0 aliphatic carbocycles. The Morgan fingerprint density at radius 1 is 1.29 bits per heavy atom. The van der Waals surface area contributed by atoms with Crippen LogP contribution in [-0.4, -0.2) is 4.57 Å². The van der Waals surface area contributed by atoms with Crippen molar-refractivity contribution in [1.82, 2.24) is 4.57 Å². The molecule has 21 heavy (non-hydrogen) atoms. The van der Waals surface area contributed by atoms with E-state index in [9.17, 15) is 9.18 Å². The second-order valence-electron chi connectivity index (χ2n) is 4.61. The summed E-state index contributed by atoms with van der Waals surface area (Å²) in [6.45, 7) is 0.185. The third-order valence-corrected chi connectivity index (χ3v) is 3.18. The Hall–Kier alpha value is -3.07. The Morgan fingerprint density at radius 3 is 2.86 bits per heavy atom. The van der Waals surface area contributed by atoms with Crippen LogP contribution in [0.2, 0.25) is 0 Å². The van der Waals surface area contributed by atoms with Crippen molar-refractivity contribution < 1.29 is 8.81 Å². The fraction of sp³-hybridized carbons (Fsp3) is 0.0667. The fourth-order valence-corrected chi connectivity index (χ4v) is 2.17. The number of hydrogen-bond donors (Lipinski definition) is 1. The molecule has 0 atom stereocenters. The first-order valence-corrected chi connectivity index (χ1v) is 6.16. The van der Waals surface area contributed by atoms with E-state index in [4.69, 9.17) is 15.4 Å². The van der Waals surface area contributed by atoms with E-state index in [1.807, 2.05) is 0 Å². The van der Waals surface area contributed by atoms with Crippen molar-refractivity contribution in [2.75, 3.05) is 5.73 Å². The second-order valence-corrected chi connectivity index (χ2v) is 4.61. The molecule has 0 radical (unpaired) electrons. The Balaban J connectivity index is 2.08. The third kappa shape index (κ3) is 2.25. The standard InChI is InChI=1S/C15H10FN3O2/c16-12-3-1-9(5-10(12)7-17)8-19-13-4-2-11(18)6-14(13)21-15(19)20/h1-6H,8,18H2. The highest BCUT2D eigenvalue weighted by Crippen LogP contribution is 2.18. The van der Waals surface area contributed by atoms with E-state index in [1.54, 1.807) is 24.3 Å². The van der Waals surface area contributed by atoms with Crippen LogP contribution in [0.25, 0.3) is 11.1 Å². The van der Waals surface area contributed by atoms with Crippen molar-refractivity contribution in [3.8, 4) is 6.07 Å². The predicted octanol–water partition coefficient (Wildman–Crippen LogP) is 2.24. The average Bonchev–Trinajstić information content (AvgIpc) is 2.76. The van der Waals surface area contributed by atoms with Crippen LogP contribution in [0.4, 0.5) is 10.1 Å². The molecule has 0 saturated heterocycles. The summed E-state index contributed by atoms with van der Waals surface area (Å²) in [4.78, 5) is 11.9. The number of nitriles is 1. The smallest absolute Gasteiger partial charge is 0.408 e. The zero-order chi connectivity index (χ0) is 15.0. The van der Waals surface area contributed by atoms with Crippen LogP contribution in [-0.2, 0) is 6.54 Å². The van der Waals surface area contributed by atoms with Gasteiger partial charge in [0.25, 0.3) is 0 Å². The second kappa shape index (κ2) is 4.80. The lowest BCUT2D eigenvalue weighted by molar-refractivity contribution is 0.517. The lowest BCUT2D eigenvalue weighted by Crippen LogP contribution is -2.15. The molecule has 0 saturated carbocycles. The molecular weight excluding hydrogens is 273 g/mol. The van der Waals surface area contributed by atoms with Crippen molar-refractivity contribution in [3.05, 3.63) is 63.9 Å². The molecule has 3 rings (SSSR count). The number of hydrogen-bond acceptors (Lipinski definition) is 4. The Labute approximate surface area is 118 Å². The number of fused-ring (bicyclic) bond motifs is 1. The van der Waals surface area contributed by atoms with Crippen molar-refractivity contribution in [3.63, 3.8) is 0 Å². The van der Waals surface area contributed by atoms with Gasteiger partial charge >= 0.3 is 5.76 Å².